The predicted molar refractivity (Wildman–Crippen MR) is 96.3 cm³/mol. The van der Waals surface area contributed by atoms with Crippen LogP contribution in [0.1, 0.15) is 12.8 Å². The molecule has 0 saturated heterocycles. The van der Waals surface area contributed by atoms with Gasteiger partial charge in [-0.15, -0.1) is 24.8 Å². The minimum atomic E-state index is -0.586. The van der Waals surface area contributed by atoms with E-state index in [1.54, 1.807) is 23.5 Å². The number of nitrogens with two attached hydrogens (primary N) is 2. The molecule has 0 bridgehead atoms. The zero-order valence-electron chi connectivity index (χ0n) is 12.5. The quantitative estimate of drug-likeness (QED) is 0.245. The standard InChI is InChI=1S/2C5H12N2O2S.2ClH/c2*1-10-3-2-4(6)5(8)7-9;;/h2*4,9H,2-3,6H2,1H3,(H,7,8);2*1H/t4-;;;/m0.../s1. The molecule has 8 N–H and O–H groups in total. The zero-order valence-corrected chi connectivity index (χ0v) is 15.7. The molecule has 0 aliphatic carbocycles. The molecule has 0 aliphatic rings. The van der Waals surface area contributed by atoms with Crippen LogP contribution in [-0.4, -0.2) is 58.3 Å². The lowest BCUT2D eigenvalue weighted by atomic mass is 10.2. The zero-order chi connectivity index (χ0) is 16.0. The summed E-state index contributed by atoms with van der Waals surface area (Å²) in [6.45, 7) is 0. The molecule has 2 amide bonds. The third-order valence-corrected chi connectivity index (χ3v) is 3.45. The molecule has 0 saturated carbocycles. The highest BCUT2D eigenvalue weighted by Gasteiger charge is 2.11. The molecular formula is C10H26Cl2N4O4S2. The molecule has 0 aromatic rings. The lowest BCUT2D eigenvalue weighted by Gasteiger charge is -2.06. The molecule has 0 radical (unpaired) electrons. The molecule has 1 unspecified atom stereocenters. The molecule has 0 heterocycles. The summed E-state index contributed by atoms with van der Waals surface area (Å²) < 4.78 is 0. The van der Waals surface area contributed by atoms with Crippen molar-refractivity contribution in [2.24, 2.45) is 11.5 Å². The van der Waals surface area contributed by atoms with Crippen molar-refractivity contribution >= 4 is 60.2 Å². The summed E-state index contributed by atoms with van der Waals surface area (Å²) in [6, 6.07) is -1.17. The van der Waals surface area contributed by atoms with E-state index in [0.29, 0.717) is 12.8 Å². The van der Waals surface area contributed by atoms with E-state index in [1.165, 1.54) is 11.0 Å². The van der Waals surface area contributed by atoms with Crippen LogP contribution in [0, 0.1) is 0 Å². The molecule has 0 fully saturated rings. The van der Waals surface area contributed by atoms with Gasteiger partial charge in [0.1, 0.15) is 0 Å². The monoisotopic (exact) mass is 400 g/mol. The van der Waals surface area contributed by atoms with Crippen LogP contribution in [0.4, 0.5) is 0 Å². The van der Waals surface area contributed by atoms with Gasteiger partial charge in [-0.3, -0.25) is 20.0 Å². The fraction of sp³-hybridized carbons (Fsp3) is 0.800. The Morgan fingerprint density at radius 1 is 0.909 bits per heavy atom. The van der Waals surface area contributed by atoms with Gasteiger partial charge in [0.05, 0.1) is 12.1 Å². The molecule has 8 nitrogen and oxygen atoms in total. The lowest BCUT2D eigenvalue weighted by Crippen LogP contribution is -2.39. The van der Waals surface area contributed by atoms with E-state index < -0.39 is 23.9 Å². The van der Waals surface area contributed by atoms with Crippen LogP contribution in [-0.2, 0) is 9.59 Å². The maximum absolute atomic E-state index is 10.5. The van der Waals surface area contributed by atoms with E-state index in [2.05, 4.69) is 0 Å². The van der Waals surface area contributed by atoms with E-state index >= 15 is 0 Å². The van der Waals surface area contributed by atoms with Crippen molar-refractivity contribution in [1.29, 1.82) is 0 Å². The Morgan fingerprint density at radius 2 is 1.18 bits per heavy atom. The maximum atomic E-state index is 10.5. The lowest BCUT2D eigenvalue weighted by molar-refractivity contribution is -0.131. The number of carbonyl (C=O) groups excluding carboxylic acids is 2. The number of amides is 2. The van der Waals surface area contributed by atoms with E-state index in [1.807, 2.05) is 12.5 Å². The van der Waals surface area contributed by atoms with Crippen LogP contribution >= 0.6 is 48.3 Å². The Labute approximate surface area is 151 Å². The highest BCUT2D eigenvalue weighted by molar-refractivity contribution is 7.98. The average Bonchev–Trinajstić information content (AvgIpc) is 2.48. The van der Waals surface area contributed by atoms with E-state index in [0.717, 1.165) is 11.5 Å². The van der Waals surface area contributed by atoms with E-state index in [-0.39, 0.29) is 24.8 Å². The number of hydroxylamine groups is 2. The number of thioether (sulfide) groups is 2. The van der Waals surface area contributed by atoms with Crippen molar-refractivity contribution in [3.63, 3.8) is 0 Å². The van der Waals surface area contributed by atoms with Crippen molar-refractivity contribution < 1.29 is 20.0 Å². The van der Waals surface area contributed by atoms with Gasteiger partial charge in [0.25, 0.3) is 11.8 Å². The first-order chi connectivity index (χ1) is 9.44. The van der Waals surface area contributed by atoms with Gasteiger partial charge in [-0.25, -0.2) is 11.0 Å². The minimum absolute atomic E-state index is 0. The summed E-state index contributed by atoms with van der Waals surface area (Å²) >= 11 is 3.23. The van der Waals surface area contributed by atoms with Gasteiger partial charge < -0.3 is 11.5 Å². The average molecular weight is 401 g/mol. The number of rotatable bonds is 8. The topological polar surface area (TPSA) is 151 Å². The van der Waals surface area contributed by atoms with Crippen molar-refractivity contribution in [3.05, 3.63) is 0 Å². The van der Waals surface area contributed by atoms with Gasteiger partial charge in [0, 0.05) is 0 Å². The SMILES string of the molecule is CSCCC(N)C(=O)NO.CSCC[C@H](N)C(=O)NO.Cl.Cl. The molecule has 2 atom stereocenters. The van der Waals surface area contributed by atoms with E-state index in [9.17, 15) is 9.59 Å². The smallest absolute Gasteiger partial charge is 0.260 e. The van der Waals surface area contributed by atoms with Gasteiger partial charge >= 0.3 is 0 Å². The number of hydrogen-bond acceptors (Lipinski definition) is 8. The third kappa shape index (κ3) is 18.1. The highest BCUT2D eigenvalue weighted by Crippen LogP contribution is 1.98. The fourth-order valence-corrected chi connectivity index (χ4v) is 1.90. The van der Waals surface area contributed by atoms with Crippen molar-refractivity contribution in [2.45, 2.75) is 24.9 Å². The first-order valence-corrected chi connectivity index (χ1v) is 8.60. The summed E-state index contributed by atoms with van der Waals surface area (Å²) in [5.41, 5.74) is 13.7. The van der Waals surface area contributed by atoms with Gasteiger partial charge in [0.15, 0.2) is 0 Å². The minimum Gasteiger partial charge on any atom is -0.320 e. The molecule has 0 spiro atoms. The number of halogens is 2. The Bertz CT molecular complexity index is 255. The fourth-order valence-electron chi connectivity index (χ4n) is 0.918. The summed E-state index contributed by atoms with van der Waals surface area (Å²) in [5.74, 6) is 0.617. The first-order valence-electron chi connectivity index (χ1n) is 5.81. The number of carbonyl (C=O) groups is 2. The largest absolute Gasteiger partial charge is 0.320 e. The van der Waals surface area contributed by atoms with Crippen LogP contribution in [0.5, 0.6) is 0 Å². The number of hydrogen-bond donors (Lipinski definition) is 6. The summed E-state index contributed by atoms with van der Waals surface area (Å²) in [6.07, 6.45) is 5.05. The van der Waals surface area contributed by atoms with Crippen LogP contribution in [0.2, 0.25) is 0 Å². The molecular weight excluding hydrogens is 375 g/mol. The summed E-state index contributed by atoms with van der Waals surface area (Å²) in [4.78, 5) is 21.0. The second-order valence-electron chi connectivity index (χ2n) is 3.73. The first kappa shape index (κ1) is 30.0. The molecule has 136 valence electrons. The van der Waals surface area contributed by atoms with Gasteiger partial charge in [-0.1, -0.05) is 0 Å². The highest BCUT2D eigenvalue weighted by atomic mass is 35.5. The second kappa shape index (κ2) is 21.1. The Kier molecular flexibility index (Phi) is 28.7. The van der Waals surface area contributed by atoms with Crippen LogP contribution in [0.25, 0.3) is 0 Å². The summed E-state index contributed by atoms with van der Waals surface area (Å²) in [5, 5.41) is 16.2. The van der Waals surface area contributed by atoms with E-state index in [4.69, 9.17) is 21.9 Å². The van der Waals surface area contributed by atoms with Gasteiger partial charge in [-0.05, 0) is 36.9 Å². The molecule has 0 rings (SSSR count). The second-order valence-corrected chi connectivity index (χ2v) is 5.70. The normalized spacial score (nSPS) is 11.5. The number of nitrogens with one attached hydrogen (secondary N) is 2. The third-order valence-electron chi connectivity index (χ3n) is 2.16. The Morgan fingerprint density at radius 3 is 1.36 bits per heavy atom. The van der Waals surface area contributed by atoms with Crippen LogP contribution in [0.3, 0.4) is 0 Å². The maximum Gasteiger partial charge on any atom is 0.260 e. The van der Waals surface area contributed by atoms with Gasteiger partial charge in [-0.2, -0.15) is 23.5 Å². The van der Waals surface area contributed by atoms with Crippen molar-refractivity contribution in [3.8, 4) is 0 Å². The molecule has 0 aromatic carbocycles. The Balaban J connectivity index is -0.000000135. The summed E-state index contributed by atoms with van der Waals surface area (Å²) in [7, 11) is 0. The van der Waals surface area contributed by atoms with Crippen LogP contribution < -0.4 is 22.4 Å². The van der Waals surface area contributed by atoms with Crippen molar-refractivity contribution in [1.82, 2.24) is 11.0 Å². The molecule has 22 heavy (non-hydrogen) atoms. The van der Waals surface area contributed by atoms with Crippen molar-refractivity contribution in [2.75, 3.05) is 24.0 Å². The van der Waals surface area contributed by atoms with Gasteiger partial charge in [0.2, 0.25) is 0 Å². The molecule has 12 heteroatoms. The molecule has 0 aromatic heterocycles. The molecule has 0 aliphatic heterocycles. The Hall–Kier alpha value is 0.0600. The van der Waals surface area contributed by atoms with Crippen LogP contribution in [0.15, 0.2) is 0 Å². The predicted octanol–water partition coefficient (Wildman–Crippen LogP) is -0.0120.